The highest BCUT2D eigenvalue weighted by Crippen LogP contribution is 2.34. The van der Waals surface area contributed by atoms with Gasteiger partial charge in [-0.3, -0.25) is 19.4 Å². The summed E-state index contributed by atoms with van der Waals surface area (Å²) in [4.78, 5) is 55.4. The summed E-state index contributed by atoms with van der Waals surface area (Å²) < 4.78 is 16.1. The standard InChI is InChI=1S/C32H37N5O8/c1-18(2)13-25(30(39)34-16-21(31(40)41)20-9-10-26-27(14-20)45-17-44-26)35-28(38)15-24-29(43-4)23(11-12-33-24)37-32(42)36-22-8-6-5-7-19(22)3/h5-12,14,18,21,25H,13,15-17H2,1-4H3,(H,34,39)(H,35,38)(H,40,41)(H2,33,36,37,42)/t21-,25+/m1/s1. The lowest BCUT2D eigenvalue weighted by atomic mass is 9.98. The number of carboxylic acids is 1. The molecule has 0 unspecified atom stereocenters. The van der Waals surface area contributed by atoms with Crippen molar-refractivity contribution in [1.82, 2.24) is 15.6 Å². The summed E-state index contributed by atoms with van der Waals surface area (Å²) >= 11 is 0. The highest BCUT2D eigenvalue weighted by Gasteiger charge is 2.28. The normalized spacial score (nSPS) is 13.0. The van der Waals surface area contributed by atoms with Gasteiger partial charge in [-0.2, -0.15) is 0 Å². The van der Waals surface area contributed by atoms with E-state index in [2.05, 4.69) is 26.3 Å². The number of pyridine rings is 1. The second-order valence-electron chi connectivity index (χ2n) is 10.9. The average molecular weight is 620 g/mol. The third kappa shape index (κ3) is 8.62. The molecule has 2 aromatic carbocycles. The lowest BCUT2D eigenvalue weighted by Crippen LogP contribution is -2.49. The number of carbonyl (C=O) groups is 4. The predicted molar refractivity (Wildman–Crippen MR) is 166 cm³/mol. The van der Waals surface area contributed by atoms with Crippen molar-refractivity contribution in [1.29, 1.82) is 0 Å². The number of anilines is 2. The number of aliphatic carboxylic acids is 1. The first-order chi connectivity index (χ1) is 21.5. The summed E-state index contributed by atoms with van der Waals surface area (Å²) in [6, 6.07) is 12.3. The largest absolute Gasteiger partial charge is 0.493 e. The lowest BCUT2D eigenvalue weighted by Gasteiger charge is -2.22. The van der Waals surface area contributed by atoms with Gasteiger partial charge < -0.3 is 40.6 Å². The van der Waals surface area contributed by atoms with Crippen LogP contribution in [0.3, 0.4) is 0 Å². The van der Waals surface area contributed by atoms with Gasteiger partial charge in [-0.05, 0) is 54.7 Å². The zero-order chi connectivity index (χ0) is 32.5. The molecule has 2 heterocycles. The van der Waals surface area contributed by atoms with Gasteiger partial charge in [-0.15, -0.1) is 0 Å². The third-order valence-electron chi connectivity index (χ3n) is 7.09. The first kappa shape index (κ1) is 32.6. The molecule has 4 rings (SSSR count). The van der Waals surface area contributed by atoms with Crippen molar-refractivity contribution in [2.75, 3.05) is 31.1 Å². The van der Waals surface area contributed by atoms with Crippen LogP contribution >= 0.6 is 0 Å². The topological polar surface area (TPSA) is 177 Å². The van der Waals surface area contributed by atoms with Crippen LogP contribution in [0, 0.1) is 12.8 Å². The highest BCUT2D eigenvalue weighted by atomic mass is 16.7. The molecule has 0 spiro atoms. The second-order valence-corrected chi connectivity index (χ2v) is 10.9. The number of para-hydroxylation sites is 1. The molecule has 13 heteroatoms. The fourth-order valence-corrected chi connectivity index (χ4v) is 4.84. The van der Waals surface area contributed by atoms with Gasteiger partial charge in [-0.25, -0.2) is 4.79 Å². The van der Waals surface area contributed by atoms with Crippen LogP contribution in [0.1, 0.15) is 43.0 Å². The highest BCUT2D eigenvalue weighted by molar-refractivity contribution is 6.01. The Morgan fingerprint density at radius 3 is 2.44 bits per heavy atom. The van der Waals surface area contributed by atoms with Crippen molar-refractivity contribution >= 4 is 35.2 Å². The number of nitrogens with zero attached hydrogens (tertiary/aromatic N) is 1. The number of fused-ring (bicyclic) bond motifs is 1. The number of nitrogens with one attached hydrogen (secondary N) is 4. The van der Waals surface area contributed by atoms with Crippen LogP contribution < -0.4 is 35.5 Å². The van der Waals surface area contributed by atoms with E-state index in [1.54, 1.807) is 30.3 Å². The molecule has 45 heavy (non-hydrogen) atoms. The summed E-state index contributed by atoms with van der Waals surface area (Å²) in [6.45, 7) is 5.53. The van der Waals surface area contributed by atoms with E-state index < -0.39 is 35.8 Å². The zero-order valence-electron chi connectivity index (χ0n) is 25.5. The van der Waals surface area contributed by atoms with Gasteiger partial charge in [-0.1, -0.05) is 38.1 Å². The smallest absolute Gasteiger partial charge is 0.323 e. The number of ether oxygens (including phenoxy) is 3. The van der Waals surface area contributed by atoms with Crippen LogP contribution in [0.5, 0.6) is 17.2 Å². The van der Waals surface area contributed by atoms with Crippen LogP contribution in [-0.4, -0.2) is 60.4 Å². The quantitative estimate of drug-likeness (QED) is 0.190. The Morgan fingerprint density at radius 2 is 1.73 bits per heavy atom. The van der Waals surface area contributed by atoms with E-state index in [1.165, 1.54) is 13.3 Å². The molecule has 1 aliphatic rings. The van der Waals surface area contributed by atoms with Gasteiger partial charge in [0.1, 0.15) is 6.04 Å². The maximum Gasteiger partial charge on any atom is 0.323 e. The van der Waals surface area contributed by atoms with Gasteiger partial charge in [0.05, 0.1) is 30.8 Å². The Hall–Kier alpha value is -5.33. The molecule has 0 radical (unpaired) electrons. The molecular weight excluding hydrogens is 582 g/mol. The number of methoxy groups -OCH3 is 1. The Bertz CT molecular complexity index is 1560. The summed E-state index contributed by atoms with van der Waals surface area (Å²) in [6.07, 6.45) is 1.51. The first-order valence-electron chi connectivity index (χ1n) is 14.4. The summed E-state index contributed by atoms with van der Waals surface area (Å²) in [5.41, 5.74) is 2.53. The molecule has 5 N–H and O–H groups in total. The van der Waals surface area contributed by atoms with E-state index in [1.807, 2.05) is 39.0 Å². The number of hydrogen-bond donors (Lipinski definition) is 5. The number of carbonyl (C=O) groups excluding carboxylic acids is 3. The minimum Gasteiger partial charge on any atom is -0.493 e. The van der Waals surface area contributed by atoms with Crippen LogP contribution in [0.2, 0.25) is 0 Å². The summed E-state index contributed by atoms with van der Waals surface area (Å²) in [5.74, 6) is -2.01. The number of benzene rings is 2. The molecule has 4 amide bonds. The summed E-state index contributed by atoms with van der Waals surface area (Å²) in [7, 11) is 1.40. The van der Waals surface area contributed by atoms with Gasteiger partial charge in [0.15, 0.2) is 17.2 Å². The first-order valence-corrected chi connectivity index (χ1v) is 14.4. The Morgan fingerprint density at radius 1 is 1.00 bits per heavy atom. The van der Waals surface area contributed by atoms with E-state index in [-0.39, 0.29) is 37.1 Å². The molecule has 3 aromatic rings. The minimum absolute atomic E-state index is 0.0390. The van der Waals surface area contributed by atoms with Crippen LogP contribution in [-0.2, 0) is 20.8 Å². The molecule has 238 valence electrons. The molecule has 0 bridgehead atoms. The van der Waals surface area contributed by atoms with Crippen molar-refractivity contribution in [2.24, 2.45) is 5.92 Å². The molecule has 0 saturated carbocycles. The molecule has 2 atom stereocenters. The third-order valence-corrected chi connectivity index (χ3v) is 7.09. The van der Waals surface area contributed by atoms with Crippen LogP contribution in [0.15, 0.2) is 54.7 Å². The van der Waals surface area contributed by atoms with Gasteiger partial charge in [0.25, 0.3) is 0 Å². The van der Waals surface area contributed by atoms with Gasteiger partial charge >= 0.3 is 12.0 Å². The number of aromatic nitrogens is 1. The van der Waals surface area contributed by atoms with Gasteiger partial charge in [0, 0.05) is 18.4 Å². The van der Waals surface area contributed by atoms with Crippen LogP contribution in [0.25, 0.3) is 0 Å². The SMILES string of the molecule is COc1c(NC(=O)Nc2ccccc2C)ccnc1CC(=O)N[C@@H](CC(C)C)C(=O)NC[C@@H](C(=O)O)c1ccc2c(c1)OCO2. The molecular formula is C32H37N5O8. The van der Waals surface area contributed by atoms with Crippen molar-refractivity contribution in [2.45, 2.75) is 45.6 Å². The number of hydrogen-bond acceptors (Lipinski definition) is 8. The summed E-state index contributed by atoms with van der Waals surface area (Å²) in [5, 5.41) is 20.8. The number of urea groups is 1. The lowest BCUT2D eigenvalue weighted by molar-refractivity contribution is -0.139. The fourth-order valence-electron chi connectivity index (χ4n) is 4.84. The number of carboxylic acid groups (broad SMARTS) is 1. The zero-order valence-corrected chi connectivity index (χ0v) is 25.5. The molecule has 0 aliphatic carbocycles. The number of rotatable bonds is 13. The van der Waals surface area contributed by atoms with Gasteiger partial charge in [0.2, 0.25) is 18.6 Å². The number of aryl methyl sites for hydroxylation is 1. The van der Waals surface area contributed by atoms with Crippen molar-refractivity contribution < 1.29 is 38.5 Å². The van der Waals surface area contributed by atoms with Crippen molar-refractivity contribution in [3.05, 3.63) is 71.5 Å². The van der Waals surface area contributed by atoms with E-state index in [9.17, 15) is 24.3 Å². The maximum absolute atomic E-state index is 13.2. The molecule has 0 saturated heterocycles. The molecule has 1 aliphatic heterocycles. The number of amides is 4. The molecule has 1 aromatic heterocycles. The second kappa shape index (κ2) is 14.9. The van der Waals surface area contributed by atoms with E-state index >= 15 is 0 Å². The molecule has 13 nitrogen and oxygen atoms in total. The Kier molecular flexibility index (Phi) is 10.8. The predicted octanol–water partition coefficient (Wildman–Crippen LogP) is 3.83. The Balaban J connectivity index is 1.41. The van der Waals surface area contributed by atoms with Crippen molar-refractivity contribution in [3.63, 3.8) is 0 Å². The van der Waals surface area contributed by atoms with E-state index in [0.29, 0.717) is 34.9 Å². The fraction of sp³-hybridized carbons (Fsp3) is 0.344. The van der Waals surface area contributed by atoms with E-state index in [4.69, 9.17) is 14.2 Å². The van der Waals surface area contributed by atoms with Crippen LogP contribution in [0.4, 0.5) is 16.2 Å². The monoisotopic (exact) mass is 619 g/mol. The Labute approximate surface area is 260 Å². The van der Waals surface area contributed by atoms with Crippen molar-refractivity contribution in [3.8, 4) is 17.2 Å². The van der Waals surface area contributed by atoms with E-state index in [0.717, 1.165) is 5.56 Å². The molecule has 0 fully saturated rings. The maximum atomic E-state index is 13.2. The average Bonchev–Trinajstić information content (AvgIpc) is 3.46. The minimum atomic E-state index is -1.13.